The number of nitrogens with one attached hydrogen (secondary N) is 1. The Labute approximate surface area is 182 Å². The molecule has 2 amide bonds. The van der Waals surface area contributed by atoms with Gasteiger partial charge in [0.1, 0.15) is 0 Å². The molecule has 0 aliphatic carbocycles. The second-order valence-electron chi connectivity index (χ2n) is 7.44. The van der Waals surface area contributed by atoms with E-state index >= 15 is 0 Å². The minimum Gasteiger partial charge on any atom is -0.358 e. The molecule has 8 heteroatoms. The van der Waals surface area contributed by atoms with Gasteiger partial charge < -0.3 is 10.2 Å². The number of carbonyl (C=O) groups excluding carboxylic acids is 2. The predicted octanol–water partition coefficient (Wildman–Crippen LogP) is 2.11. The topological polar surface area (TPSA) is 70.5 Å². The van der Waals surface area contributed by atoms with Crippen LogP contribution in [0, 0.1) is 13.8 Å². The summed E-state index contributed by atoms with van der Waals surface area (Å²) in [5, 5.41) is 7.96. The standard InChI is InChI=1S/C22H28ClN5O2/c1-16-19(17(2)28(25-16)14-18-6-4-5-7-20(18)23)8-9-22(30)27-12-10-26(11-13-27)15-21(29)24-3/h4-9H,10-15H2,1-3H3,(H,24,29). The molecule has 1 saturated heterocycles. The molecule has 7 nitrogen and oxygen atoms in total. The first-order valence-corrected chi connectivity index (χ1v) is 10.4. The fourth-order valence-electron chi connectivity index (χ4n) is 3.56. The van der Waals surface area contributed by atoms with Gasteiger partial charge in [-0.1, -0.05) is 29.8 Å². The lowest BCUT2D eigenvalue weighted by molar-refractivity contribution is -0.128. The van der Waals surface area contributed by atoms with Crippen molar-refractivity contribution in [3.05, 3.63) is 57.9 Å². The molecular formula is C22H28ClN5O2. The Bertz CT molecular complexity index is 945. The highest BCUT2D eigenvalue weighted by atomic mass is 35.5. The van der Waals surface area contributed by atoms with Crippen molar-refractivity contribution in [2.45, 2.75) is 20.4 Å². The van der Waals surface area contributed by atoms with E-state index in [2.05, 4.69) is 15.3 Å². The summed E-state index contributed by atoms with van der Waals surface area (Å²) >= 11 is 6.28. The molecule has 1 fully saturated rings. The lowest BCUT2D eigenvalue weighted by atomic mass is 10.1. The second kappa shape index (κ2) is 9.91. The molecule has 2 heterocycles. The highest BCUT2D eigenvalue weighted by Crippen LogP contribution is 2.20. The summed E-state index contributed by atoms with van der Waals surface area (Å²) in [6.45, 7) is 7.52. The molecule has 0 unspecified atom stereocenters. The number of halogens is 1. The van der Waals surface area contributed by atoms with Gasteiger partial charge in [-0.05, 0) is 31.6 Å². The van der Waals surface area contributed by atoms with Crippen molar-refractivity contribution < 1.29 is 9.59 Å². The number of rotatable bonds is 6. The number of aromatic nitrogens is 2. The number of nitrogens with zero attached hydrogens (tertiary/aromatic N) is 4. The zero-order valence-corrected chi connectivity index (χ0v) is 18.4. The predicted molar refractivity (Wildman–Crippen MR) is 118 cm³/mol. The molecule has 1 aromatic heterocycles. The first-order valence-electron chi connectivity index (χ1n) is 10.1. The van der Waals surface area contributed by atoms with Crippen molar-refractivity contribution >= 4 is 29.5 Å². The first kappa shape index (κ1) is 22.1. The molecule has 2 aromatic rings. The zero-order valence-electron chi connectivity index (χ0n) is 17.7. The smallest absolute Gasteiger partial charge is 0.246 e. The van der Waals surface area contributed by atoms with E-state index in [-0.39, 0.29) is 11.8 Å². The summed E-state index contributed by atoms with van der Waals surface area (Å²) in [4.78, 5) is 28.0. The van der Waals surface area contributed by atoms with Crippen LogP contribution < -0.4 is 5.32 Å². The van der Waals surface area contributed by atoms with Crippen molar-refractivity contribution in [1.29, 1.82) is 0 Å². The Morgan fingerprint density at radius 1 is 1.17 bits per heavy atom. The molecule has 0 bridgehead atoms. The lowest BCUT2D eigenvalue weighted by Crippen LogP contribution is -2.50. The van der Waals surface area contributed by atoms with E-state index in [1.54, 1.807) is 13.1 Å². The van der Waals surface area contributed by atoms with Crippen LogP contribution in [0.3, 0.4) is 0 Å². The molecule has 0 spiro atoms. The maximum Gasteiger partial charge on any atom is 0.246 e. The van der Waals surface area contributed by atoms with Crippen molar-refractivity contribution in [2.75, 3.05) is 39.8 Å². The summed E-state index contributed by atoms with van der Waals surface area (Å²) in [7, 11) is 1.63. The summed E-state index contributed by atoms with van der Waals surface area (Å²) in [6, 6.07) is 7.73. The molecule has 1 aliphatic heterocycles. The number of aryl methyl sites for hydroxylation is 1. The van der Waals surface area contributed by atoms with E-state index in [0.29, 0.717) is 44.3 Å². The number of hydrogen-bond acceptors (Lipinski definition) is 4. The van der Waals surface area contributed by atoms with Crippen LogP contribution in [0.4, 0.5) is 0 Å². The van der Waals surface area contributed by atoms with Crippen molar-refractivity contribution in [2.24, 2.45) is 0 Å². The van der Waals surface area contributed by atoms with Gasteiger partial charge in [0.15, 0.2) is 0 Å². The van der Waals surface area contributed by atoms with Crippen LogP contribution in [0.15, 0.2) is 30.3 Å². The number of benzene rings is 1. The van der Waals surface area contributed by atoms with Gasteiger partial charge in [-0.25, -0.2) is 0 Å². The minimum absolute atomic E-state index is 0.00516. The second-order valence-corrected chi connectivity index (χ2v) is 7.85. The quantitative estimate of drug-likeness (QED) is 0.714. The number of amides is 2. The highest BCUT2D eigenvalue weighted by Gasteiger charge is 2.21. The van der Waals surface area contributed by atoms with E-state index < -0.39 is 0 Å². The fraction of sp³-hybridized carbons (Fsp3) is 0.409. The van der Waals surface area contributed by atoms with E-state index in [9.17, 15) is 9.59 Å². The van der Waals surface area contributed by atoms with Crippen LogP contribution in [0.2, 0.25) is 5.02 Å². The number of likely N-dealkylation sites (N-methyl/N-ethyl adjacent to an activating group) is 1. The Morgan fingerprint density at radius 3 is 2.53 bits per heavy atom. The summed E-state index contributed by atoms with van der Waals surface area (Å²) < 4.78 is 1.91. The van der Waals surface area contributed by atoms with Crippen LogP contribution in [0.5, 0.6) is 0 Å². The fourth-order valence-corrected chi connectivity index (χ4v) is 3.76. The maximum absolute atomic E-state index is 12.6. The van der Waals surface area contributed by atoms with E-state index in [0.717, 1.165) is 22.5 Å². The Kier molecular flexibility index (Phi) is 7.29. The molecule has 1 N–H and O–H groups in total. The van der Waals surface area contributed by atoms with E-state index in [1.807, 2.05) is 53.8 Å². The van der Waals surface area contributed by atoms with Crippen LogP contribution in [-0.4, -0.2) is 71.2 Å². The van der Waals surface area contributed by atoms with Crippen LogP contribution in [0.25, 0.3) is 6.08 Å². The van der Waals surface area contributed by atoms with Crippen LogP contribution >= 0.6 is 11.6 Å². The van der Waals surface area contributed by atoms with Gasteiger partial charge in [0, 0.05) is 55.6 Å². The van der Waals surface area contributed by atoms with Gasteiger partial charge in [0.05, 0.1) is 18.8 Å². The van der Waals surface area contributed by atoms with Gasteiger partial charge in [-0.15, -0.1) is 0 Å². The van der Waals surface area contributed by atoms with Gasteiger partial charge >= 0.3 is 0 Å². The van der Waals surface area contributed by atoms with Crippen molar-refractivity contribution in [3.63, 3.8) is 0 Å². The monoisotopic (exact) mass is 429 g/mol. The Balaban J connectivity index is 1.62. The molecule has 160 valence electrons. The summed E-state index contributed by atoms with van der Waals surface area (Å²) in [6.07, 6.45) is 3.46. The molecule has 30 heavy (non-hydrogen) atoms. The molecule has 0 radical (unpaired) electrons. The average molecular weight is 430 g/mol. The highest BCUT2D eigenvalue weighted by molar-refractivity contribution is 6.31. The third-order valence-corrected chi connectivity index (χ3v) is 5.81. The normalized spacial score (nSPS) is 15.0. The Hall–Kier alpha value is -2.64. The third-order valence-electron chi connectivity index (χ3n) is 5.44. The molecule has 1 aromatic carbocycles. The van der Waals surface area contributed by atoms with Crippen LogP contribution in [-0.2, 0) is 16.1 Å². The van der Waals surface area contributed by atoms with Gasteiger partial charge in [0.25, 0.3) is 0 Å². The molecular weight excluding hydrogens is 402 g/mol. The zero-order chi connectivity index (χ0) is 21.7. The van der Waals surface area contributed by atoms with Gasteiger partial charge in [-0.2, -0.15) is 5.10 Å². The summed E-state index contributed by atoms with van der Waals surface area (Å²) in [5.74, 6) is -0.0262. The Morgan fingerprint density at radius 2 is 1.87 bits per heavy atom. The summed E-state index contributed by atoms with van der Waals surface area (Å²) in [5.41, 5.74) is 3.82. The molecule has 0 atom stereocenters. The maximum atomic E-state index is 12.6. The third kappa shape index (κ3) is 5.29. The largest absolute Gasteiger partial charge is 0.358 e. The SMILES string of the molecule is CNC(=O)CN1CCN(C(=O)C=Cc2c(C)nn(Cc3ccccc3Cl)c2C)CC1. The van der Waals surface area contributed by atoms with Crippen LogP contribution in [0.1, 0.15) is 22.5 Å². The van der Waals surface area contributed by atoms with Gasteiger partial charge in [-0.3, -0.25) is 19.2 Å². The van der Waals surface area contributed by atoms with Crippen molar-refractivity contribution in [1.82, 2.24) is 24.9 Å². The molecule has 1 aliphatic rings. The van der Waals surface area contributed by atoms with Gasteiger partial charge in [0.2, 0.25) is 11.8 Å². The van der Waals surface area contributed by atoms with E-state index in [1.165, 1.54) is 0 Å². The molecule has 3 rings (SSSR count). The number of carbonyl (C=O) groups is 2. The van der Waals surface area contributed by atoms with Crippen molar-refractivity contribution in [3.8, 4) is 0 Å². The average Bonchev–Trinajstić information content (AvgIpc) is 3.01. The first-order chi connectivity index (χ1) is 14.4. The number of piperazine rings is 1. The van der Waals surface area contributed by atoms with E-state index in [4.69, 9.17) is 11.6 Å². The number of hydrogen-bond donors (Lipinski definition) is 1. The molecule has 0 saturated carbocycles. The lowest BCUT2D eigenvalue weighted by Gasteiger charge is -2.33. The minimum atomic E-state index is -0.0211.